The minimum atomic E-state index is -0.770. The van der Waals surface area contributed by atoms with Crippen molar-refractivity contribution in [3.8, 4) is 102 Å². The molecule has 0 atom stereocenters. The predicted molar refractivity (Wildman–Crippen MR) is 484 cm³/mol. The smallest absolute Gasteiger partial charge is 0.338 e. The van der Waals surface area contributed by atoms with Gasteiger partial charge in [-0.1, -0.05) is 174 Å². The first kappa shape index (κ1) is 99.5. The van der Waals surface area contributed by atoms with Crippen LogP contribution in [0.1, 0.15) is 71.1 Å². The van der Waals surface area contributed by atoms with Crippen LogP contribution in [0.4, 0.5) is 8.78 Å². The van der Waals surface area contributed by atoms with Crippen molar-refractivity contribution in [2.75, 3.05) is 19.8 Å². The van der Waals surface area contributed by atoms with E-state index in [4.69, 9.17) is 56.8 Å². The summed E-state index contributed by atoms with van der Waals surface area (Å²) in [6.45, 7) is 41.5. The predicted octanol–water partition coefficient (Wildman–Crippen LogP) is 20.6. The van der Waals surface area contributed by atoms with E-state index in [9.17, 15) is 61.5 Å². The van der Waals surface area contributed by atoms with Crippen LogP contribution in [0.3, 0.4) is 0 Å². The molecule has 129 heavy (non-hydrogen) atoms. The molecule has 0 aliphatic rings. The summed E-state index contributed by atoms with van der Waals surface area (Å²) >= 11 is 0. The number of hydrogen-bond acceptors (Lipinski definition) is 23. The maximum atomic E-state index is 14.7. The Kier molecular flexibility index (Phi) is 38.8. The molecule has 0 heterocycles. The first-order valence-electron chi connectivity index (χ1n) is 39.4. The van der Waals surface area contributed by atoms with Crippen LogP contribution in [-0.2, 0) is 75.1 Å². The molecule has 0 bridgehead atoms. The second-order valence-electron chi connectivity index (χ2n) is 28.0. The lowest BCUT2D eigenvalue weighted by Crippen LogP contribution is -2.11. The van der Waals surface area contributed by atoms with Crippen LogP contribution in [0, 0.1) is 11.6 Å². The first-order valence-corrected chi connectivity index (χ1v) is 39.4. The van der Waals surface area contributed by atoms with Crippen molar-refractivity contribution in [1.82, 2.24) is 0 Å². The molecule has 10 rings (SSSR count). The van der Waals surface area contributed by atoms with Crippen LogP contribution in [0.15, 0.2) is 341 Å². The van der Waals surface area contributed by atoms with Gasteiger partial charge >= 0.3 is 65.7 Å². The molecule has 660 valence electrons. The quantitative estimate of drug-likeness (QED) is 0.0154. The highest BCUT2D eigenvalue weighted by Crippen LogP contribution is 2.34. The van der Waals surface area contributed by atoms with Gasteiger partial charge in [-0.3, -0.25) is 4.79 Å². The zero-order chi connectivity index (χ0) is 94.2. The molecule has 0 fully saturated rings. The zero-order valence-corrected chi connectivity index (χ0v) is 71.7. The zero-order valence-electron chi connectivity index (χ0n) is 71.7. The Bertz CT molecular complexity index is 5810. The molecule has 0 spiro atoms. The van der Waals surface area contributed by atoms with E-state index >= 15 is 0 Å². The van der Waals surface area contributed by atoms with Gasteiger partial charge in [0.15, 0.2) is 34.6 Å². The number of esters is 11. The second-order valence-corrected chi connectivity index (χ2v) is 28.0. The van der Waals surface area contributed by atoms with Crippen LogP contribution in [0.5, 0.6) is 57.5 Å². The SMILES string of the molecule is C=C(C)C(=O)Oc1ccc(-c2ccc(OC(=O)C(=C)C)c(F)c2)cc1.C=C(C)C(=O)Oc1ccc(-c2ccc(OC(=O)C(=C)C)cc2)cc1.C=CC(=O)OCCc1ccc(OC(=O)/C=C/c2ccc(-c3ccc(OCCCOC(=O)C(=C)C)cc3)cc2)cc1.C=CC(=O)Oc1ccc(CCC(=O)Oc2ccc(-c3ccc(OC(=O)C(=C)C)cc3)cc2F)cc1OC(=O)C=C. The van der Waals surface area contributed by atoms with Gasteiger partial charge in [-0.25, -0.2) is 56.7 Å². The average Bonchev–Trinajstić information content (AvgIpc) is 0.840. The fourth-order valence-electron chi connectivity index (χ4n) is 10.4. The highest BCUT2D eigenvalue weighted by Gasteiger charge is 2.19. The van der Waals surface area contributed by atoms with Crippen molar-refractivity contribution in [1.29, 1.82) is 0 Å². The average molecular weight is 1750 g/mol. The van der Waals surface area contributed by atoms with Crippen LogP contribution in [-0.4, -0.2) is 85.5 Å². The van der Waals surface area contributed by atoms with E-state index in [1.165, 1.54) is 56.3 Å². The molecule has 0 aliphatic carbocycles. The van der Waals surface area contributed by atoms with E-state index in [0.717, 1.165) is 57.4 Å². The van der Waals surface area contributed by atoms with Gasteiger partial charge in [0.05, 0.1) is 19.8 Å². The number of benzene rings is 10. The summed E-state index contributed by atoms with van der Waals surface area (Å²) in [5.74, 6) is -5.31. The van der Waals surface area contributed by atoms with Gasteiger partial charge in [-0.05, 0) is 224 Å². The third-order valence-electron chi connectivity index (χ3n) is 17.3. The van der Waals surface area contributed by atoms with E-state index in [1.54, 1.807) is 137 Å². The maximum Gasteiger partial charge on any atom is 0.338 e. The molecular weight excluding hydrogens is 1660 g/mol. The molecule has 0 amide bonds. The summed E-state index contributed by atoms with van der Waals surface area (Å²) in [6.07, 6.45) is 7.28. The lowest BCUT2D eigenvalue weighted by atomic mass is 10.0. The summed E-state index contributed by atoms with van der Waals surface area (Å²) < 4.78 is 90.7. The molecule has 0 unspecified atom stereocenters. The van der Waals surface area contributed by atoms with Crippen molar-refractivity contribution in [2.24, 2.45) is 0 Å². The van der Waals surface area contributed by atoms with Crippen molar-refractivity contribution in [3.63, 3.8) is 0 Å². The Hall–Kier alpha value is -16.6. The number of ether oxygens (including phenoxy) is 12. The summed E-state index contributed by atoms with van der Waals surface area (Å²) in [4.78, 5) is 128. The number of carbonyl (C=O) groups is 11. The summed E-state index contributed by atoms with van der Waals surface area (Å²) in [7, 11) is 0. The molecule has 25 heteroatoms. The largest absolute Gasteiger partial charge is 0.493 e. The maximum absolute atomic E-state index is 14.7. The van der Waals surface area contributed by atoms with Gasteiger partial charge in [0, 0.05) is 77.0 Å². The molecule has 0 saturated carbocycles. The Balaban J connectivity index is 0.000000242. The van der Waals surface area contributed by atoms with E-state index < -0.39 is 77.3 Å². The summed E-state index contributed by atoms with van der Waals surface area (Å²) in [5.41, 5.74) is 10.6. The standard InChI is InChI=1S/C33H32O7.C31H25FO8.C20H17FO4.C20H18O4/c1-4-31(34)38-23-20-26-8-15-30(16-9-26)40-32(35)19-10-25-6-11-27(12-7-25)28-13-17-29(18-14-28)37-21-5-22-39-33(36)24(2)3;1-5-28(33)39-26-14-7-20(17-27(26)40-29(34)6-2)8-16-30(35)38-25-15-11-22(18-24(25)32)21-9-12-23(13-10-21)37-31(36)19(3)4;1-12(2)19(22)24-16-8-5-14(6-9-16)15-7-10-18(17(21)11-15)25-20(23)13(3)4;1-13(2)19(21)23-17-9-5-15(6-10-17)16-7-11-18(12-8-16)24-20(22)14(3)4/h4,6-19H,1-2,5,20-23H2,3H3;5-7,9-15,17-18H,1-3,8,16H2,4H3;5-11H,1,3H2,2,4H3;5-12H,1,3H2,2,4H3/b19-10+;;;. The third kappa shape index (κ3) is 33.9. The monoisotopic (exact) mass is 1750 g/mol. The van der Waals surface area contributed by atoms with Crippen molar-refractivity contribution in [3.05, 3.63) is 370 Å². The van der Waals surface area contributed by atoms with Crippen molar-refractivity contribution in [2.45, 2.75) is 67.2 Å². The molecule has 23 nitrogen and oxygen atoms in total. The van der Waals surface area contributed by atoms with Crippen LogP contribution >= 0.6 is 0 Å². The molecule has 10 aromatic carbocycles. The van der Waals surface area contributed by atoms with Gasteiger partial charge < -0.3 is 56.8 Å². The highest BCUT2D eigenvalue weighted by molar-refractivity contribution is 5.93. The number of rotatable bonds is 35. The normalized spacial score (nSPS) is 10.2. The fraction of sp³-hybridized carbons (Fsp3) is 0.125. The highest BCUT2D eigenvalue weighted by atomic mass is 19.1. The van der Waals surface area contributed by atoms with Crippen molar-refractivity contribution >= 4 is 71.7 Å². The Morgan fingerprint density at radius 2 is 0.620 bits per heavy atom. The fourth-order valence-corrected chi connectivity index (χ4v) is 10.4. The first-order chi connectivity index (χ1) is 61.6. The molecule has 0 radical (unpaired) electrons. The Labute approximate surface area is 745 Å². The van der Waals surface area contributed by atoms with Crippen LogP contribution < -0.4 is 47.4 Å². The molecular formula is C104H92F2O23. The van der Waals surface area contributed by atoms with Gasteiger partial charge in [-0.15, -0.1) is 0 Å². The molecule has 10 aromatic rings. The number of aryl methyl sites for hydroxylation is 1. The number of hydrogen-bond donors (Lipinski definition) is 0. The van der Waals surface area contributed by atoms with Gasteiger partial charge in [0.1, 0.15) is 34.5 Å². The molecule has 0 aliphatic heterocycles. The van der Waals surface area contributed by atoms with Gasteiger partial charge in [-0.2, -0.15) is 0 Å². The van der Waals surface area contributed by atoms with Crippen molar-refractivity contribution < 1.29 is 118 Å². The van der Waals surface area contributed by atoms with Gasteiger partial charge in [0.2, 0.25) is 0 Å². The second kappa shape index (κ2) is 50.3. The third-order valence-corrected chi connectivity index (χ3v) is 17.3. The minimum Gasteiger partial charge on any atom is -0.493 e. The minimum absolute atomic E-state index is 0.0175. The topological polar surface area (TPSA) is 299 Å². The van der Waals surface area contributed by atoms with E-state index in [-0.39, 0.29) is 60.2 Å². The van der Waals surface area contributed by atoms with Crippen LogP contribution in [0.2, 0.25) is 0 Å². The summed E-state index contributed by atoms with van der Waals surface area (Å²) in [6, 6.07) is 62.6. The van der Waals surface area contributed by atoms with Gasteiger partial charge in [0.25, 0.3) is 0 Å². The number of halogens is 2. The molecule has 0 N–H and O–H groups in total. The summed E-state index contributed by atoms with van der Waals surface area (Å²) in [5, 5.41) is 0. The van der Waals surface area contributed by atoms with E-state index in [1.807, 2.05) is 84.9 Å². The molecule has 0 saturated heterocycles. The van der Waals surface area contributed by atoms with E-state index in [2.05, 4.69) is 59.2 Å². The molecule has 0 aromatic heterocycles. The number of carbonyl (C=O) groups excluding carboxylic acids is 11. The lowest BCUT2D eigenvalue weighted by molar-refractivity contribution is -0.139. The lowest BCUT2D eigenvalue weighted by Gasteiger charge is -2.11. The van der Waals surface area contributed by atoms with Crippen LogP contribution in [0.25, 0.3) is 50.6 Å². The Morgan fingerprint density at radius 3 is 1.02 bits per heavy atom. The Morgan fingerprint density at radius 1 is 0.287 bits per heavy atom. The van der Waals surface area contributed by atoms with E-state index in [0.29, 0.717) is 98.3 Å².